The van der Waals surface area contributed by atoms with Crippen molar-refractivity contribution in [2.45, 2.75) is 32.7 Å². The second-order valence-corrected chi connectivity index (χ2v) is 8.22. The molecule has 1 unspecified atom stereocenters. The molecule has 0 fully saturated rings. The number of carbonyl (C=O) groups excluding carboxylic acids is 2. The lowest BCUT2D eigenvalue weighted by atomic mass is 10.0. The summed E-state index contributed by atoms with van der Waals surface area (Å²) in [6.07, 6.45) is 0.926. The van der Waals surface area contributed by atoms with Gasteiger partial charge in [0.15, 0.2) is 0 Å². The average molecular weight is 409 g/mol. The number of rotatable bonds is 8. The summed E-state index contributed by atoms with van der Waals surface area (Å²) >= 11 is 1.38. The Morgan fingerprint density at radius 2 is 1.62 bits per heavy atom. The van der Waals surface area contributed by atoms with Crippen LogP contribution in [0.3, 0.4) is 0 Å². The molecule has 0 saturated heterocycles. The summed E-state index contributed by atoms with van der Waals surface area (Å²) in [5, 5.41) is 15.3. The van der Waals surface area contributed by atoms with Crippen molar-refractivity contribution in [2.75, 3.05) is 5.32 Å². The molecule has 3 aromatic rings. The van der Waals surface area contributed by atoms with E-state index in [4.69, 9.17) is 0 Å². The zero-order valence-corrected chi connectivity index (χ0v) is 17.3. The Kier molecular flexibility index (Phi) is 7.08. The molecule has 0 aliphatic carbocycles. The van der Waals surface area contributed by atoms with Crippen molar-refractivity contribution in [3.05, 3.63) is 76.8 Å². The molecule has 0 aliphatic rings. The zero-order valence-electron chi connectivity index (χ0n) is 16.5. The van der Waals surface area contributed by atoms with Crippen LogP contribution < -0.4 is 10.6 Å². The maximum absolute atomic E-state index is 12.6. The Balaban J connectivity index is 1.69. The monoisotopic (exact) mass is 408 g/mol. The van der Waals surface area contributed by atoms with Crippen LogP contribution in [0.1, 0.15) is 47.2 Å². The largest absolute Gasteiger partial charge is 0.345 e. The maximum atomic E-state index is 12.6. The summed E-state index contributed by atoms with van der Waals surface area (Å²) < 4.78 is 0. The average Bonchev–Trinajstić information content (AvgIpc) is 3.14. The van der Waals surface area contributed by atoms with E-state index in [2.05, 4.69) is 34.7 Å². The first-order chi connectivity index (χ1) is 14.0. The van der Waals surface area contributed by atoms with Gasteiger partial charge in [-0.25, -0.2) is 0 Å². The third kappa shape index (κ3) is 6.22. The molecule has 150 valence electrons. The number of nitrogens with one attached hydrogen (secondary N) is 2. The van der Waals surface area contributed by atoms with Gasteiger partial charge in [-0.1, -0.05) is 73.7 Å². The van der Waals surface area contributed by atoms with Gasteiger partial charge >= 0.3 is 0 Å². The maximum Gasteiger partial charge on any atom is 0.251 e. The van der Waals surface area contributed by atoms with E-state index in [0.29, 0.717) is 16.6 Å². The standard InChI is InChI=1S/C22H24N4O2S/c1-15(2)13-20-25-26-22(29-20)24-19(27)14-18(16-9-5-3-6-10-16)23-21(28)17-11-7-4-8-12-17/h3-12,15,18H,13-14H2,1-2H3,(H,23,28)(H,24,26,27). The molecule has 0 radical (unpaired) electrons. The predicted octanol–water partition coefficient (Wildman–Crippen LogP) is 4.24. The SMILES string of the molecule is CC(C)Cc1nnc(NC(=O)CC(NC(=O)c2ccccc2)c2ccccc2)s1. The molecule has 29 heavy (non-hydrogen) atoms. The van der Waals surface area contributed by atoms with Gasteiger partial charge in [0.2, 0.25) is 11.0 Å². The Morgan fingerprint density at radius 3 is 2.28 bits per heavy atom. The normalized spacial score (nSPS) is 11.8. The van der Waals surface area contributed by atoms with Gasteiger partial charge in [-0.05, 0) is 23.6 Å². The molecule has 7 heteroatoms. The number of anilines is 1. The van der Waals surface area contributed by atoms with Gasteiger partial charge < -0.3 is 10.6 Å². The highest BCUT2D eigenvalue weighted by Gasteiger charge is 2.20. The van der Waals surface area contributed by atoms with Crippen molar-refractivity contribution >= 4 is 28.3 Å². The van der Waals surface area contributed by atoms with E-state index in [1.54, 1.807) is 12.1 Å². The Morgan fingerprint density at radius 1 is 0.966 bits per heavy atom. The summed E-state index contributed by atoms with van der Waals surface area (Å²) in [5.74, 6) is 0.0315. The van der Waals surface area contributed by atoms with Crippen molar-refractivity contribution in [1.82, 2.24) is 15.5 Å². The van der Waals surface area contributed by atoms with Crippen molar-refractivity contribution in [3.63, 3.8) is 0 Å². The van der Waals surface area contributed by atoms with Gasteiger partial charge in [-0.2, -0.15) is 0 Å². The van der Waals surface area contributed by atoms with Crippen LogP contribution >= 0.6 is 11.3 Å². The number of aromatic nitrogens is 2. The second-order valence-electron chi connectivity index (χ2n) is 7.15. The van der Waals surface area contributed by atoms with Crippen molar-refractivity contribution < 1.29 is 9.59 Å². The van der Waals surface area contributed by atoms with E-state index < -0.39 is 6.04 Å². The highest BCUT2D eigenvalue weighted by molar-refractivity contribution is 7.15. The number of amides is 2. The molecule has 0 aliphatic heterocycles. The summed E-state index contributed by atoms with van der Waals surface area (Å²) in [5.41, 5.74) is 1.42. The third-order valence-electron chi connectivity index (χ3n) is 4.23. The Hall–Kier alpha value is -3.06. The fourth-order valence-electron chi connectivity index (χ4n) is 2.86. The molecule has 0 saturated carbocycles. The summed E-state index contributed by atoms with van der Waals surface area (Å²) in [4.78, 5) is 25.2. The fourth-order valence-corrected chi connectivity index (χ4v) is 3.83. The molecule has 1 aromatic heterocycles. The van der Waals surface area contributed by atoms with E-state index in [0.717, 1.165) is 17.0 Å². The molecule has 1 atom stereocenters. The van der Waals surface area contributed by atoms with Crippen LogP contribution in [-0.4, -0.2) is 22.0 Å². The minimum atomic E-state index is -0.452. The van der Waals surface area contributed by atoms with Gasteiger partial charge in [0.1, 0.15) is 5.01 Å². The van der Waals surface area contributed by atoms with E-state index >= 15 is 0 Å². The zero-order chi connectivity index (χ0) is 20.6. The molecule has 2 amide bonds. The van der Waals surface area contributed by atoms with Crippen LogP contribution in [0, 0.1) is 5.92 Å². The molecule has 6 nitrogen and oxygen atoms in total. The van der Waals surface area contributed by atoms with E-state index in [9.17, 15) is 9.59 Å². The first kappa shape index (κ1) is 20.7. The van der Waals surface area contributed by atoms with E-state index in [1.165, 1.54) is 11.3 Å². The van der Waals surface area contributed by atoms with Crippen molar-refractivity contribution in [3.8, 4) is 0 Å². The van der Waals surface area contributed by atoms with Gasteiger partial charge in [-0.3, -0.25) is 9.59 Å². The number of carbonyl (C=O) groups is 2. The first-order valence-electron chi connectivity index (χ1n) is 9.54. The third-order valence-corrected chi connectivity index (χ3v) is 5.09. The van der Waals surface area contributed by atoms with Crippen LogP contribution in [0.15, 0.2) is 60.7 Å². The molecule has 0 bridgehead atoms. The topological polar surface area (TPSA) is 84.0 Å². The highest BCUT2D eigenvalue weighted by Crippen LogP contribution is 2.21. The van der Waals surface area contributed by atoms with Gasteiger partial charge in [0.05, 0.1) is 12.5 Å². The molecule has 0 spiro atoms. The van der Waals surface area contributed by atoms with Crippen LogP contribution in [0.25, 0.3) is 0 Å². The number of hydrogen-bond acceptors (Lipinski definition) is 5. The fraction of sp³-hybridized carbons (Fsp3) is 0.273. The summed E-state index contributed by atoms with van der Waals surface area (Å²) in [7, 11) is 0. The minimum Gasteiger partial charge on any atom is -0.345 e. The number of benzene rings is 2. The van der Waals surface area contributed by atoms with Gasteiger partial charge in [0.25, 0.3) is 5.91 Å². The summed E-state index contributed by atoms with van der Waals surface area (Å²) in [6, 6.07) is 18.0. The van der Waals surface area contributed by atoms with Crippen LogP contribution in [0.5, 0.6) is 0 Å². The lowest BCUT2D eigenvalue weighted by molar-refractivity contribution is -0.116. The predicted molar refractivity (Wildman–Crippen MR) is 115 cm³/mol. The molecule has 2 aromatic carbocycles. The van der Waals surface area contributed by atoms with E-state index in [-0.39, 0.29) is 18.2 Å². The Labute approximate surface area is 174 Å². The van der Waals surface area contributed by atoms with Crippen molar-refractivity contribution in [1.29, 1.82) is 0 Å². The van der Waals surface area contributed by atoms with Crippen LogP contribution in [0.4, 0.5) is 5.13 Å². The quantitative estimate of drug-likeness (QED) is 0.584. The molecule has 2 N–H and O–H groups in total. The first-order valence-corrected chi connectivity index (χ1v) is 10.4. The highest BCUT2D eigenvalue weighted by atomic mass is 32.1. The van der Waals surface area contributed by atoms with Crippen LogP contribution in [-0.2, 0) is 11.2 Å². The van der Waals surface area contributed by atoms with E-state index in [1.807, 2.05) is 48.5 Å². The van der Waals surface area contributed by atoms with Gasteiger partial charge in [0, 0.05) is 12.0 Å². The molecule has 1 heterocycles. The number of hydrogen-bond donors (Lipinski definition) is 2. The minimum absolute atomic E-state index is 0.0989. The summed E-state index contributed by atoms with van der Waals surface area (Å²) in [6.45, 7) is 4.22. The molecular weight excluding hydrogens is 384 g/mol. The Bertz CT molecular complexity index is 942. The van der Waals surface area contributed by atoms with Gasteiger partial charge in [-0.15, -0.1) is 10.2 Å². The van der Waals surface area contributed by atoms with Crippen LogP contribution in [0.2, 0.25) is 0 Å². The van der Waals surface area contributed by atoms with Crippen molar-refractivity contribution in [2.24, 2.45) is 5.92 Å². The second kappa shape index (κ2) is 9.93. The molecule has 3 rings (SSSR count). The lowest BCUT2D eigenvalue weighted by Crippen LogP contribution is -2.31. The smallest absolute Gasteiger partial charge is 0.251 e. The number of nitrogens with zero attached hydrogens (tertiary/aromatic N) is 2. The lowest BCUT2D eigenvalue weighted by Gasteiger charge is -2.18. The molecular formula is C22H24N4O2S.